The SMILES string of the molecule is Cl.NC(=O)[C@@H](N)Cc1cc2cc(F)c(F)cc2[nH]c1=O. The van der Waals surface area contributed by atoms with E-state index in [1.165, 1.54) is 6.07 Å². The van der Waals surface area contributed by atoms with Crippen molar-refractivity contribution in [3.05, 3.63) is 45.8 Å². The van der Waals surface area contributed by atoms with Gasteiger partial charge in [0.05, 0.1) is 11.6 Å². The Morgan fingerprint density at radius 2 is 1.85 bits per heavy atom. The van der Waals surface area contributed by atoms with Gasteiger partial charge in [-0.05, 0) is 12.1 Å². The summed E-state index contributed by atoms with van der Waals surface area (Å²) >= 11 is 0. The highest BCUT2D eigenvalue weighted by Gasteiger charge is 2.14. The lowest BCUT2D eigenvalue weighted by molar-refractivity contribution is -0.119. The van der Waals surface area contributed by atoms with Gasteiger partial charge in [-0.25, -0.2) is 8.78 Å². The number of benzene rings is 1. The number of nitrogens with two attached hydrogens (primary N) is 2. The number of carbonyl (C=O) groups is 1. The van der Waals surface area contributed by atoms with Crippen molar-refractivity contribution in [1.82, 2.24) is 4.98 Å². The quantitative estimate of drug-likeness (QED) is 0.773. The molecule has 2 rings (SSSR count). The molecular weight excluding hydrogens is 292 g/mol. The molecule has 0 unspecified atom stereocenters. The summed E-state index contributed by atoms with van der Waals surface area (Å²) in [6.45, 7) is 0. The van der Waals surface area contributed by atoms with E-state index < -0.39 is 29.1 Å². The number of hydrogen-bond acceptors (Lipinski definition) is 3. The van der Waals surface area contributed by atoms with Crippen LogP contribution in [0.2, 0.25) is 0 Å². The van der Waals surface area contributed by atoms with Gasteiger partial charge < -0.3 is 16.5 Å². The summed E-state index contributed by atoms with van der Waals surface area (Å²) in [5, 5.41) is 0.310. The number of H-pyrrole nitrogens is 1. The fourth-order valence-electron chi connectivity index (χ4n) is 1.73. The number of hydrogen-bond donors (Lipinski definition) is 3. The van der Waals surface area contributed by atoms with E-state index in [1.807, 2.05) is 0 Å². The van der Waals surface area contributed by atoms with Gasteiger partial charge in [-0.1, -0.05) is 0 Å². The molecule has 0 aliphatic rings. The van der Waals surface area contributed by atoms with Gasteiger partial charge in [0.1, 0.15) is 0 Å². The van der Waals surface area contributed by atoms with Gasteiger partial charge in [-0.2, -0.15) is 0 Å². The molecule has 108 valence electrons. The van der Waals surface area contributed by atoms with E-state index in [1.54, 1.807) is 0 Å². The van der Waals surface area contributed by atoms with E-state index in [0.29, 0.717) is 5.39 Å². The Morgan fingerprint density at radius 1 is 1.25 bits per heavy atom. The van der Waals surface area contributed by atoms with Crippen LogP contribution in [-0.2, 0) is 11.2 Å². The number of carbonyl (C=O) groups excluding carboxylic acids is 1. The van der Waals surface area contributed by atoms with Gasteiger partial charge in [0.2, 0.25) is 5.91 Å². The van der Waals surface area contributed by atoms with Crippen molar-refractivity contribution in [3.8, 4) is 0 Å². The predicted molar refractivity (Wildman–Crippen MR) is 72.6 cm³/mol. The zero-order chi connectivity index (χ0) is 14.2. The van der Waals surface area contributed by atoms with Crippen LogP contribution in [0.5, 0.6) is 0 Å². The number of amides is 1. The molecule has 0 spiro atoms. The number of rotatable bonds is 3. The molecule has 1 atom stereocenters. The molecular formula is C12H12ClF2N3O2. The van der Waals surface area contributed by atoms with Crippen LogP contribution in [0, 0.1) is 11.6 Å². The molecule has 0 aliphatic carbocycles. The summed E-state index contributed by atoms with van der Waals surface area (Å²) in [4.78, 5) is 25.0. The largest absolute Gasteiger partial charge is 0.368 e. The summed E-state index contributed by atoms with van der Waals surface area (Å²) in [5.74, 6) is -2.82. The van der Waals surface area contributed by atoms with Gasteiger partial charge in [0.25, 0.3) is 5.56 Å². The van der Waals surface area contributed by atoms with Crippen molar-refractivity contribution >= 4 is 29.2 Å². The normalized spacial score (nSPS) is 11.9. The Balaban J connectivity index is 0.00000200. The lowest BCUT2D eigenvalue weighted by Crippen LogP contribution is -2.39. The third kappa shape index (κ3) is 3.12. The molecule has 2 aromatic rings. The van der Waals surface area contributed by atoms with Crippen molar-refractivity contribution in [1.29, 1.82) is 0 Å². The maximum atomic E-state index is 13.1. The van der Waals surface area contributed by atoms with E-state index in [0.717, 1.165) is 12.1 Å². The first-order valence-electron chi connectivity index (χ1n) is 5.44. The average molecular weight is 304 g/mol. The summed E-state index contributed by atoms with van der Waals surface area (Å²) in [7, 11) is 0. The van der Waals surface area contributed by atoms with Gasteiger partial charge >= 0.3 is 0 Å². The second kappa shape index (κ2) is 5.98. The Kier molecular flexibility index (Phi) is 4.80. The van der Waals surface area contributed by atoms with E-state index in [-0.39, 0.29) is 29.9 Å². The van der Waals surface area contributed by atoms with Crippen LogP contribution in [-0.4, -0.2) is 16.9 Å². The number of aromatic nitrogens is 1. The Bertz CT molecular complexity index is 718. The number of nitrogens with one attached hydrogen (secondary N) is 1. The number of halogens is 3. The molecule has 1 aromatic heterocycles. The molecule has 1 aromatic carbocycles. The first-order chi connectivity index (χ1) is 8.88. The van der Waals surface area contributed by atoms with E-state index in [9.17, 15) is 18.4 Å². The maximum absolute atomic E-state index is 13.1. The Labute approximate surface area is 118 Å². The molecule has 20 heavy (non-hydrogen) atoms. The molecule has 0 radical (unpaired) electrons. The third-order valence-electron chi connectivity index (χ3n) is 2.77. The van der Waals surface area contributed by atoms with Crippen LogP contribution in [0.3, 0.4) is 0 Å². The number of primary amides is 1. The molecule has 0 aliphatic heterocycles. The van der Waals surface area contributed by atoms with Crippen LogP contribution in [0.4, 0.5) is 8.78 Å². The van der Waals surface area contributed by atoms with Gasteiger partial charge in [0, 0.05) is 23.4 Å². The highest BCUT2D eigenvalue weighted by molar-refractivity contribution is 5.85. The van der Waals surface area contributed by atoms with Crippen LogP contribution >= 0.6 is 12.4 Å². The topological polar surface area (TPSA) is 102 Å². The molecule has 1 heterocycles. The fourth-order valence-corrected chi connectivity index (χ4v) is 1.73. The Hall–Kier alpha value is -1.99. The van der Waals surface area contributed by atoms with Gasteiger partial charge in [-0.3, -0.25) is 9.59 Å². The van der Waals surface area contributed by atoms with Crippen molar-refractivity contribution < 1.29 is 13.6 Å². The predicted octanol–water partition coefficient (Wildman–Crippen LogP) is 0.583. The standard InChI is InChI=1S/C12H11F2N3O2.ClH/c13-7-2-5-1-6(3-9(15)11(16)18)12(19)17-10(5)4-8(7)14;/h1-2,4,9H,3,15H2,(H2,16,18)(H,17,19);1H/t9-;/m0./s1. The van der Waals surface area contributed by atoms with Crippen LogP contribution in [0.15, 0.2) is 23.0 Å². The molecule has 5 nitrogen and oxygen atoms in total. The van der Waals surface area contributed by atoms with Crippen LogP contribution in [0.25, 0.3) is 10.9 Å². The summed E-state index contributed by atoms with van der Waals surface area (Å²) in [6, 6.07) is 2.20. The number of fused-ring (bicyclic) bond motifs is 1. The van der Waals surface area contributed by atoms with Crippen molar-refractivity contribution in [2.24, 2.45) is 11.5 Å². The molecule has 1 amide bonds. The smallest absolute Gasteiger partial charge is 0.251 e. The minimum absolute atomic E-state index is 0. The molecule has 0 bridgehead atoms. The van der Waals surface area contributed by atoms with Gasteiger partial charge in [-0.15, -0.1) is 12.4 Å². The summed E-state index contributed by atoms with van der Waals surface area (Å²) < 4.78 is 26.1. The van der Waals surface area contributed by atoms with Crippen molar-refractivity contribution in [2.75, 3.05) is 0 Å². The monoisotopic (exact) mass is 303 g/mol. The zero-order valence-electron chi connectivity index (χ0n) is 10.2. The highest BCUT2D eigenvalue weighted by atomic mass is 35.5. The second-order valence-corrected chi connectivity index (χ2v) is 4.19. The first kappa shape index (κ1) is 16.1. The fraction of sp³-hybridized carbons (Fsp3) is 0.167. The molecule has 8 heteroatoms. The summed E-state index contributed by atoms with van der Waals surface area (Å²) in [5.41, 5.74) is 10.3. The molecule has 0 saturated heterocycles. The first-order valence-corrected chi connectivity index (χ1v) is 5.44. The highest BCUT2D eigenvalue weighted by Crippen LogP contribution is 2.16. The molecule has 5 N–H and O–H groups in total. The second-order valence-electron chi connectivity index (χ2n) is 4.19. The van der Waals surface area contributed by atoms with E-state index in [4.69, 9.17) is 11.5 Å². The average Bonchev–Trinajstić information content (AvgIpc) is 2.32. The third-order valence-corrected chi connectivity index (χ3v) is 2.77. The minimum Gasteiger partial charge on any atom is -0.368 e. The maximum Gasteiger partial charge on any atom is 0.251 e. The number of pyridine rings is 1. The Morgan fingerprint density at radius 3 is 2.45 bits per heavy atom. The van der Waals surface area contributed by atoms with Crippen molar-refractivity contribution in [3.63, 3.8) is 0 Å². The van der Waals surface area contributed by atoms with Gasteiger partial charge in [0.15, 0.2) is 11.6 Å². The molecule has 0 fully saturated rings. The van der Waals surface area contributed by atoms with Crippen LogP contribution in [0.1, 0.15) is 5.56 Å². The lowest BCUT2D eigenvalue weighted by Gasteiger charge is -2.08. The minimum atomic E-state index is -1.05. The van der Waals surface area contributed by atoms with E-state index >= 15 is 0 Å². The lowest BCUT2D eigenvalue weighted by atomic mass is 10.1. The van der Waals surface area contributed by atoms with Crippen molar-refractivity contribution in [2.45, 2.75) is 12.5 Å². The number of aromatic amines is 1. The summed E-state index contributed by atoms with van der Waals surface area (Å²) in [6.07, 6.45) is -0.0698. The van der Waals surface area contributed by atoms with E-state index in [2.05, 4.69) is 4.98 Å². The molecule has 0 saturated carbocycles. The van der Waals surface area contributed by atoms with Crippen LogP contribution < -0.4 is 17.0 Å². The zero-order valence-corrected chi connectivity index (χ0v) is 11.0.